The number of halogens is 1. The van der Waals surface area contributed by atoms with Crippen molar-refractivity contribution in [3.05, 3.63) is 96.0 Å². The number of carbonyl (C=O) groups is 1. The van der Waals surface area contributed by atoms with Gasteiger partial charge < -0.3 is 11.2 Å². The van der Waals surface area contributed by atoms with Crippen LogP contribution in [0, 0.1) is 0 Å². The van der Waals surface area contributed by atoms with Gasteiger partial charge in [0.25, 0.3) is 0 Å². The number of hydrogen-bond acceptors (Lipinski definition) is 6. The van der Waals surface area contributed by atoms with Crippen molar-refractivity contribution in [2.75, 3.05) is 16.9 Å². The number of carbonyl (C=O) groups excluding carboxylic acids is 1. The first-order chi connectivity index (χ1) is 17.1. The summed E-state index contributed by atoms with van der Waals surface area (Å²) < 4.78 is 3.07. The highest BCUT2D eigenvalue weighted by atomic mass is 35.5. The summed E-state index contributed by atoms with van der Waals surface area (Å²) in [5.74, 6) is 7.07. The number of nitrogen functional groups attached to an aromatic ring is 1. The van der Waals surface area contributed by atoms with Crippen LogP contribution >= 0.6 is 23.4 Å². The number of hydrogen-bond donors (Lipinski definition) is 2. The molecule has 10 heteroatoms. The highest BCUT2D eigenvalue weighted by Crippen LogP contribution is 2.26. The monoisotopic (exact) mass is 501 g/mol. The number of thioether (sulfide) groups is 1. The summed E-state index contributed by atoms with van der Waals surface area (Å²) in [6.07, 6.45) is 0. The van der Waals surface area contributed by atoms with Gasteiger partial charge in [-0.05, 0) is 24.3 Å². The van der Waals surface area contributed by atoms with Crippen LogP contribution in [0.4, 0.5) is 5.82 Å². The third-order valence-corrected chi connectivity index (χ3v) is 6.31. The molecule has 3 N–H and O–H groups in total. The van der Waals surface area contributed by atoms with Gasteiger partial charge in [-0.2, -0.15) is 5.10 Å². The van der Waals surface area contributed by atoms with Crippen LogP contribution < -0.4 is 11.2 Å². The lowest BCUT2D eigenvalue weighted by atomic mass is 10.2. The Bertz CT molecular complexity index is 1470. The molecule has 5 aromatic rings. The molecule has 0 unspecified atom stereocenters. The number of nitrogens with zero attached hydrogens (tertiary/aromatic N) is 5. The van der Waals surface area contributed by atoms with E-state index in [0.29, 0.717) is 21.8 Å². The quantitative estimate of drug-likeness (QED) is 0.243. The Hall–Kier alpha value is -4.08. The van der Waals surface area contributed by atoms with Crippen molar-refractivity contribution in [3.63, 3.8) is 0 Å². The van der Waals surface area contributed by atoms with E-state index in [4.69, 9.17) is 22.5 Å². The topological polar surface area (TPSA) is 104 Å². The van der Waals surface area contributed by atoms with Gasteiger partial charge >= 0.3 is 0 Å². The fourth-order valence-electron chi connectivity index (χ4n) is 3.50. The zero-order valence-electron chi connectivity index (χ0n) is 18.4. The summed E-state index contributed by atoms with van der Waals surface area (Å²) in [6, 6.07) is 28.5. The Morgan fingerprint density at radius 2 is 1.63 bits per heavy atom. The number of nitrogens with two attached hydrogens (primary N) is 1. The predicted molar refractivity (Wildman–Crippen MR) is 139 cm³/mol. The molecule has 3 aromatic carbocycles. The zero-order chi connectivity index (χ0) is 24.2. The van der Waals surface area contributed by atoms with Crippen LogP contribution in [0.1, 0.15) is 0 Å². The van der Waals surface area contributed by atoms with Gasteiger partial charge in [0.2, 0.25) is 11.1 Å². The smallest absolute Gasteiger partial charge is 0.236 e. The van der Waals surface area contributed by atoms with E-state index in [0.717, 1.165) is 22.5 Å². The molecule has 0 spiro atoms. The number of nitrogens with one attached hydrogen (secondary N) is 1. The van der Waals surface area contributed by atoms with Crippen molar-refractivity contribution in [2.24, 2.45) is 0 Å². The van der Waals surface area contributed by atoms with Crippen molar-refractivity contribution >= 4 is 35.1 Å². The molecule has 0 saturated carbocycles. The zero-order valence-corrected chi connectivity index (χ0v) is 19.9. The summed E-state index contributed by atoms with van der Waals surface area (Å²) >= 11 is 7.26. The second-order valence-corrected chi connectivity index (χ2v) is 8.93. The Labute approximate surface area is 210 Å². The molecule has 0 radical (unpaired) electrons. The molecule has 35 heavy (non-hydrogen) atoms. The first kappa shape index (κ1) is 22.7. The number of benzene rings is 3. The number of para-hydroxylation sites is 1. The molecule has 1 amide bonds. The fraction of sp³-hybridized carbons (Fsp3) is 0.0400. The predicted octanol–water partition coefficient (Wildman–Crippen LogP) is 4.90. The average Bonchev–Trinajstić information content (AvgIpc) is 3.47. The third kappa shape index (κ3) is 5.06. The number of aromatic nitrogens is 5. The lowest BCUT2D eigenvalue weighted by Crippen LogP contribution is -2.18. The van der Waals surface area contributed by atoms with Crippen LogP contribution in [0.25, 0.3) is 28.3 Å². The van der Waals surface area contributed by atoms with E-state index < -0.39 is 0 Å². The molecule has 174 valence electrons. The van der Waals surface area contributed by atoms with Crippen LogP contribution in [0.3, 0.4) is 0 Å². The summed E-state index contributed by atoms with van der Waals surface area (Å²) in [5, 5.41) is 16.9. The summed E-state index contributed by atoms with van der Waals surface area (Å²) in [6.45, 7) is 0. The van der Waals surface area contributed by atoms with E-state index in [1.807, 2.05) is 78.9 Å². The normalized spacial score (nSPS) is 10.9. The van der Waals surface area contributed by atoms with Crippen LogP contribution in [0.15, 0.2) is 96.2 Å². The molecule has 8 nitrogen and oxygen atoms in total. The minimum absolute atomic E-state index is 0.0888. The van der Waals surface area contributed by atoms with Gasteiger partial charge in [0.05, 0.1) is 17.1 Å². The highest BCUT2D eigenvalue weighted by molar-refractivity contribution is 7.99. The highest BCUT2D eigenvalue weighted by Gasteiger charge is 2.17. The molecule has 0 aliphatic carbocycles. The van der Waals surface area contributed by atoms with Crippen molar-refractivity contribution in [2.45, 2.75) is 5.16 Å². The van der Waals surface area contributed by atoms with Crippen molar-refractivity contribution in [3.8, 4) is 28.3 Å². The summed E-state index contributed by atoms with van der Waals surface area (Å²) in [5.41, 5.74) is 3.29. The maximum Gasteiger partial charge on any atom is 0.236 e. The van der Waals surface area contributed by atoms with E-state index >= 15 is 0 Å². The molecular weight excluding hydrogens is 482 g/mol. The first-order valence-electron chi connectivity index (χ1n) is 10.7. The number of anilines is 1. The van der Waals surface area contributed by atoms with Gasteiger partial charge in [-0.3, -0.25) is 4.79 Å². The average molecular weight is 502 g/mol. The third-order valence-electron chi connectivity index (χ3n) is 5.13. The molecule has 0 bridgehead atoms. The summed E-state index contributed by atoms with van der Waals surface area (Å²) in [7, 11) is 0. The molecule has 0 atom stereocenters. The standard InChI is InChI=1S/C25H20ClN7OS/c26-19-11-7-10-18(14-19)24-29-30-25(32(24)27)35-16-23(34)28-22-15-21(17-8-3-1-4-9-17)31-33(22)20-12-5-2-6-13-20/h1-15H,16,27H2,(H,28,34). The largest absolute Gasteiger partial charge is 0.335 e. The van der Waals surface area contributed by atoms with E-state index in [1.165, 1.54) is 16.4 Å². The SMILES string of the molecule is Nn1c(SCC(=O)Nc2cc(-c3ccccc3)nn2-c2ccccc2)nnc1-c1cccc(Cl)c1. The van der Waals surface area contributed by atoms with Gasteiger partial charge in [0.1, 0.15) is 5.82 Å². The molecular formula is C25H20ClN7OS. The van der Waals surface area contributed by atoms with Crippen molar-refractivity contribution in [1.29, 1.82) is 0 Å². The maximum absolute atomic E-state index is 12.9. The van der Waals surface area contributed by atoms with Gasteiger partial charge in [0, 0.05) is 22.2 Å². The lowest BCUT2D eigenvalue weighted by molar-refractivity contribution is -0.113. The van der Waals surface area contributed by atoms with Crippen molar-refractivity contribution in [1.82, 2.24) is 24.7 Å². The summed E-state index contributed by atoms with van der Waals surface area (Å²) in [4.78, 5) is 12.9. The minimum Gasteiger partial charge on any atom is -0.335 e. The van der Waals surface area contributed by atoms with E-state index in [1.54, 1.807) is 16.8 Å². The molecule has 2 aromatic heterocycles. The molecule has 0 aliphatic heterocycles. The number of rotatable bonds is 7. The van der Waals surface area contributed by atoms with Gasteiger partial charge in [-0.1, -0.05) is 84.0 Å². The molecule has 0 aliphatic rings. The second kappa shape index (κ2) is 10.0. The molecule has 0 saturated heterocycles. The van der Waals surface area contributed by atoms with Gasteiger partial charge in [-0.15, -0.1) is 10.2 Å². The van der Waals surface area contributed by atoms with E-state index in [9.17, 15) is 4.79 Å². The molecule has 5 rings (SSSR count). The van der Waals surface area contributed by atoms with Crippen LogP contribution in [0.5, 0.6) is 0 Å². The van der Waals surface area contributed by atoms with Gasteiger partial charge in [0.15, 0.2) is 5.82 Å². The van der Waals surface area contributed by atoms with Crippen LogP contribution in [-0.2, 0) is 4.79 Å². The van der Waals surface area contributed by atoms with E-state index in [-0.39, 0.29) is 11.7 Å². The second-order valence-electron chi connectivity index (χ2n) is 7.55. The molecule has 2 heterocycles. The maximum atomic E-state index is 12.9. The van der Waals surface area contributed by atoms with Crippen LogP contribution in [0.2, 0.25) is 5.02 Å². The minimum atomic E-state index is -0.223. The fourth-order valence-corrected chi connectivity index (χ4v) is 4.34. The Morgan fingerprint density at radius 3 is 2.37 bits per heavy atom. The number of amides is 1. The van der Waals surface area contributed by atoms with Crippen molar-refractivity contribution < 1.29 is 4.79 Å². The van der Waals surface area contributed by atoms with E-state index in [2.05, 4.69) is 15.5 Å². The Balaban J connectivity index is 1.33. The first-order valence-corrected chi connectivity index (χ1v) is 12.0. The Kier molecular flexibility index (Phi) is 6.51. The molecule has 0 fully saturated rings. The Morgan fingerprint density at radius 1 is 0.914 bits per heavy atom. The van der Waals surface area contributed by atoms with Gasteiger partial charge in [-0.25, -0.2) is 9.36 Å². The van der Waals surface area contributed by atoms with Crippen LogP contribution in [-0.4, -0.2) is 36.3 Å². The lowest BCUT2D eigenvalue weighted by Gasteiger charge is -2.08.